The lowest BCUT2D eigenvalue weighted by atomic mass is 10.4. The molecule has 0 aliphatic heterocycles. The largest absolute Gasteiger partial charge is 0.473 e. The Kier molecular flexibility index (Phi) is 4.82. The van der Waals surface area contributed by atoms with Gasteiger partial charge in [-0.25, -0.2) is 9.78 Å². The Bertz CT molecular complexity index is 389. The van der Waals surface area contributed by atoms with E-state index < -0.39 is 12.2 Å². The molecule has 88 valence electrons. The normalized spacial score (nSPS) is 11.9. The lowest BCUT2D eigenvalue weighted by molar-refractivity contribution is 0.0806. The molecular weight excluding hydrogens is 299 g/mol. The summed E-state index contributed by atoms with van der Waals surface area (Å²) in [6, 6.07) is 1.66. The first-order valence-electron chi connectivity index (χ1n) is 4.39. The topological polar surface area (TPSA) is 74.4 Å². The molecule has 0 aromatic carbocycles. The van der Waals surface area contributed by atoms with Crippen molar-refractivity contribution in [2.45, 2.75) is 13.0 Å². The molecule has 0 aliphatic carbocycles. The van der Waals surface area contributed by atoms with Crippen molar-refractivity contribution in [1.82, 2.24) is 4.98 Å². The molecule has 1 aromatic rings. The number of primary amides is 1. The highest BCUT2D eigenvalue weighted by atomic mass is 79.9. The Morgan fingerprint density at radius 2 is 2.44 bits per heavy atom. The number of carbonyl (C=O) groups is 1. The SMILES string of the molecule is CC(COc1ncc(Cl)cc1Br)OC(N)=O. The van der Waals surface area contributed by atoms with Crippen molar-refractivity contribution < 1.29 is 14.3 Å². The van der Waals surface area contributed by atoms with Gasteiger partial charge in [-0.3, -0.25) is 0 Å². The molecule has 0 spiro atoms. The number of amides is 1. The Balaban J connectivity index is 2.51. The third-order valence-electron chi connectivity index (χ3n) is 1.55. The van der Waals surface area contributed by atoms with Crippen LogP contribution in [0.15, 0.2) is 16.7 Å². The van der Waals surface area contributed by atoms with Crippen molar-refractivity contribution in [2.24, 2.45) is 5.73 Å². The second kappa shape index (κ2) is 5.91. The number of pyridine rings is 1. The van der Waals surface area contributed by atoms with E-state index in [-0.39, 0.29) is 6.61 Å². The Hall–Kier alpha value is -1.01. The molecule has 1 atom stereocenters. The van der Waals surface area contributed by atoms with Crippen LogP contribution in [0.2, 0.25) is 5.02 Å². The van der Waals surface area contributed by atoms with Gasteiger partial charge >= 0.3 is 6.09 Å². The summed E-state index contributed by atoms with van der Waals surface area (Å²) in [5.74, 6) is 0.379. The quantitative estimate of drug-likeness (QED) is 0.926. The van der Waals surface area contributed by atoms with E-state index in [4.69, 9.17) is 22.1 Å². The van der Waals surface area contributed by atoms with Gasteiger partial charge in [-0.15, -0.1) is 0 Å². The van der Waals surface area contributed by atoms with Gasteiger partial charge in [-0.2, -0.15) is 0 Å². The molecule has 7 heteroatoms. The van der Waals surface area contributed by atoms with E-state index >= 15 is 0 Å². The molecule has 1 aromatic heterocycles. The van der Waals surface area contributed by atoms with Crippen LogP contribution in [0.4, 0.5) is 4.79 Å². The maximum atomic E-state index is 10.4. The average Bonchev–Trinajstić information content (AvgIpc) is 2.15. The summed E-state index contributed by atoms with van der Waals surface area (Å²) in [6.45, 7) is 1.82. The van der Waals surface area contributed by atoms with Crippen LogP contribution in [0, 0.1) is 0 Å². The standard InChI is InChI=1S/C9H10BrClN2O3/c1-5(16-9(12)14)4-15-8-7(10)2-6(11)3-13-8/h2-3,5H,4H2,1H3,(H2,12,14). The van der Waals surface area contributed by atoms with Gasteiger partial charge in [0.1, 0.15) is 12.7 Å². The van der Waals surface area contributed by atoms with Crippen molar-refractivity contribution in [3.63, 3.8) is 0 Å². The summed E-state index contributed by atoms with van der Waals surface area (Å²) in [5, 5.41) is 0.501. The molecule has 1 amide bonds. The van der Waals surface area contributed by atoms with Crippen molar-refractivity contribution in [3.05, 3.63) is 21.8 Å². The molecule has 0 saturated carbocycles. The van der Waals surface area contributed by atoms with Crippen molar-refractivity contribution in [1.29, 1.82) is 0 Å². The van der Waals surface area contributed by atoms with Crippen molar-refractivity contribution >= 4 is 33.6 Å². The zero-order chi connectivity index (χ0) is 12.1. The lowest BCUT2D eigenvalue weighted by Crippen LogP contribution is -2.25. The molecule has 16 heavy (non-hydrogen) atoms. The fourth-order valence-corrected chi connectivity index (χ4v) is 1.69. The van der Waals surface area contributed by atoms with E-state index in [1.807, 2.05) is 0 Å². The Labute approximate surface area is 106 Å². The molecular formula is C9H10BrClN2O3. The Morgan fingerprint density at radius 3 is 3.00 bits per heavy atom. The number of ether oxygens (including phenoxy) is 2. The fraction of sp³-hybridized carbons (Fsp3) is 0.333. The smallest absolute Gasteiger partial charge is 0.404 e. The van der Waals surface area contributed by atoms with E-state index in [1.165, 1.54) is 6.20 Å². The second-order valence-corrected chi connectivity index (χ2v) is 4.29. The highest BCUT2D eigenvalue weighted by Gasteiger charge is 2.09. The minimum absolute atomic E-state index is 0.163. The van der Waals surface area contributed by atoms with Crippen LogP contribution in [-0.4, -0.2) is 23.8 Å². The van der Waals surface area contributed by atoms with Crippen LogP contribution in [0.5, 0.6) is 5.88 Å². The molecule has 0 saturated heterocycles. The van der Waals surface area contributed by atoms with Gasteiger partial charge in [0.2, 0.25) is 5.88 Å². The number of nitrogens with zero attached hydrogens (tertiary/aromatic N) is 1. The zero-order valence-electron chi connectivity index (χ0n) is 8.44. The first-order valence-corrected chi connectivity index (χ1v) is 5.56. The van der Waals surface area contributed by atoms with E-state index in [1.54, 1.807) is 13.0 Å². The van der Waals surface area contributed by atoms with Crippen molar-refractivity contribution in [3.8, 4) is 5.88 Å². The van der Waals surface area contributed by atoms with E-state index in [2.05, 4.69) is 25.7 Å². The number of aromatic nitrogens is 1. The van der Waals surface area contributed by atoms with Gasteiger partial charge in [0, 0.05) is 6.20 Å². The number of hydrogen-bond acceptors (Lipinski definition) is 4. The number of rotatable bonds is 4. The molecule has 2 N–H and O–H groups in total. The van der Waals surface area contributed by atoms with Gasteiger partial charge < -0.3 is 15.2 Å². The predicted molar refractivity (Wildman–Crippen MR) is 62.6 cm³/mol. The van der Waals surface area contributed by atoms with Crippen LogP contribution in [0.25, 0.3) is 0 Å². The predicted octanol–water partition coefficient (Wildman–Crippen LogP) is 2.36. The van der Waals surface area contributed by atoms with Gasteiger partial charge in [-0.05, 0) is 28.9 Å². The van der Waals surface area contributed by atoms with Gasteiger partial charge in [0.15, 0.2) is 0 Å². The number of hydrogen-bond donors (Lipinski definition) is 1. The zero-order valence-corrected chi connectivity index (χ0v) is 10.8. The molecule has 5 nitrogen and oxygen atoms in total. The fourth-order valence-electron chi connectivity index (χ4n) is 0.937. The van der Waals surface area contributed by atoms with Crippen LogP contribution in [0.3, 0.4) is 0 Å². The molecule has 1 unspecified atom stereocenters. The Morgan fingerprint density at radius 1 is 1.75 bits per heavy atom. The van der Waals surface area contributed by atoms with Crippen LogP contribution >= 0.6 is 27.5 Å². The summed E-state index contributed by atoms with van der Waals surface area (Å²) in [4.78, 5) is 14.4. The summed E-state index contributed by atoms with van der Waals surface area (Å²) in [5.41, 5.74) is 4.85. The van der Waals surface area contributed by atoms with Crippen LogP contribution in [-0.2, 0) is 4.74 Å². The molecule has 1 rings (SSSR count). The van der Waals surface area contributed by atoms with E-state index in [0.29, 0.717) is 15.4 Å². The van der Waals surface area contributed by atoms with Gasteiger partial charge in [0.25, 0.3) is 0 Å². The van der Waals surface area contributed by atoms with Crippen molar-refractivity contribution in [2.75, 3.05) is 6.61 Å². The monoisotopic (exact) mass is 308 g/mol. The minimum Gasteiger partial charge on any atom is -0.473 e. The highest BCUT2D eigenvalue weighted by molar-refractivity contribution is 9.10. The average molecular weight is 310 g/mol. The molecule has 1 heterocycles. The van der Waals surface area contributed by atoms with E-state index in [9.17, 15) is 4.79 Å². The van der Waals surface area contributed by atoms with Gasteiger partial charge in [0.05, 0.1) is 9.50 Å². The third-order valence-corrected chi connectivity index (χ3v) is 2.32. The maximum Gasteiger partial charge on any atom is 0.404 e. The molecule has 0 aliphatic rings. The van der Waals surface area contributed by atoms with E-state index in [0.717, 1.165) is 0 Å². The van der Waals surface area contributed by atoms with Crippen LogP contribution in [0.1, 0.15) is 6.92 Å². The number of halogens is 2. The summed E-state index contributed by atoms with van der Waals surface area (Å²) >= 11 is 8.96. The van der Waals surface area contributed by atoms with Gasteiger partial charge in [-0.1, -0.05) is 11.6 Å². The number of carbonyl (C=O) groups excluding carboxylic acids is 1. The molecule has 0 fully saturated rings. The number of nitrogens with two attached hydrogens (primary N) is 1. The van der Waals surface area contributed by atoms with Crippen LogP contribution < -0.4 is 10.5 Å². The summed E-state index contributed by atoms with van der Waals surface area (Å²) < 4.78 is 10.6. The third kappa shape index (κ3) is 4.24. The summed E-state index contributed by atoms with van der Waals surface area (Å²) in [7, 11) is 0. The first kappa shape index (κ1) is 13.1. The highest BCUT2D eigenvalue weighted by Crippen LogP contribution is 2.25. The maximum absolute atomic E-state index is 10.4. The molecule has 0 radical (unpaired) electrons. The first-order chi connectivity index (χ1) is 7.49. The molecule has 0 bridgehead atoms. The lowest BCUT2D eigenvalue weighted by Gasteiger charge is -2.12. The minimum atomic E-state index is -0.834. The summed E-state index contributed by atoms with van der Waals surface area (Å²) in [6.07, 6.45) is 0.183. The second-order valence-electron chi connectivity index (χ2n) is 3.00.